The lowest BCUT2D eigenvalue weighted by atomic mass is 10.1. The number of hydrogen-bond acceptors (Lipinski definition) is 5. The number of amides is 1. The Kier molecular flexibility index (Phi) is 6.03. The lowest BCUT2D eigenvalue weighted by Crippen LogP contribution is -2.28. The number of carbonyl (C=O) groups excluding carboxylic acids is 1. The smallest absolute Gasteiger partial charge is 0.267 e. The first-order valence-corrected chi connectivity index (χ1v) is 11.7. The highest BCUT2D eigenvalue weighted by Crippen LogP contribution is 2.35. The van der Waals surface area contributed by atoms with Gasteiger partial charge in [0.25, 0.3) is 5.91 Å². The highest BCUT2D eigenvalue weighted by Gasteiger charge is 2.33. The van der Waals surface area contributed by atoms with Crippen LogP contribution in [-0.2, 0) is 11.3 Å². The fraction of sp³-hybridized carbons (Fsp3) is 0.192. The Bertz CT molecular complexity index is 1140. The minimum absolute atomic E-state index is 0.0304. The molecule has 1 amide bonds. The summed E-state index contributed by atoms with van der Waals surface area (Å²) in [4.78, 5) is 27.1. The highest BCUT2D eigenvalue weighted by molar-refractivity contribution is 8.18. The predicted molar refractivity (Wildman–Crippen MR) is 132 cm³/mol. The molecule has 2 aromatic carbocycles. The predicted octanol–water partition coefficient (Wildman–Crippen LogP) is 5.49. The molecule has 0 saturated carbocycles. The first-order valence-electron chi connectivity index (χ1n) is 10.9. The second-order valence-corrected chi connectivity index (χ2v) is 8.89. The second-order valence-electron chi connectivity index (χ2n) is 7.88. The first kappa shape index (κ1) is 20.5. The molecule has 0 unspecified atom stereocenters. The number of aliphatic imine (C=N–C) groups is 1. The van der Waals surface area contributed by atoms with Crippen molar-refractivity contribution in [1.29, 1.82) is 0 Å². The van der Waals surface area contributed by atoms with Gasteiger partial charge in [-0.25, -0.2) is 4.99 Å². The van der Waals surface area contributed by atoms with Gasteiger partial charge < -0.3 is 4.90 Å². The van der Waals surface area contributed by atoms with Crippen molar-refractivity contribution in [3.63, 3.8) is 0 Å². The molecule has 0 N–H and O–H groups in total. The van der Waals surface area contributed by atoms with E-state index in [0.29, 0.717) is 16.6 Å². The maximum Gasteiger partial charge on any atom is 0.267 e. The van der Waals surface area contributed by atoms with E-state index in [1.54, 1.807) is 17.3 Å². The summed E-state index contributed by atoms with van der Waals surface area (Å²) in [5.74, 6) is -0.0304. The number of nitrogens with zero attached hydrogens (tertiary/aromatic N) is 4. The Morgan fingerprint density at radius 3 is 2.47 bits per heavy atom. The Morgan fingerprint density at radius 2 is 1.75 bits per heavy atom. The lowest BCUT2D eigenvalue weighted by molar-refractivity contribution is -0.122. The summed E-state index contributed by atoms with van der Waals surface area (Å²) in [5.41, 5.74) is 4.07. The van der Waals surface area contributed by atoms with Crippen molar-refractivity contribution in [3.8, 4) is 0 Å². The van der Waals surface area contributed by atoms with Gasteiger partial charge in [-0.15, -0.1) is 0 Å². The number of rotatable bonds is 5. The van der Waals surface area contributed by atoms with Gasteiger partial charge in [0.05, 0.1) is 17.1 Å². The molecular formula is C26H24N4OS. The minimum Gasteiger partial charge on any atom is -0.372 e. The Balaban J connectivity index is 1.42. The van der Waals surface area contributed by atoms with Gasteiger partial charge in [0.1, 0.15) is 0 Å². The van der Waals surface area contributed by atoms with Gasteiger partial charge in [-0.05, 0) is 72.1 Å². The number of benzene rings is 2. The van der Waals surface area contributed by atoms with Crippen molar-refractivity contribution in [2.24, 2.45) is 4.99 Å². The molecule has 2 saturated heterocycles. The second kappa shape index (κ2) is 9.40. The van der Waals surface area contributed by atoms with E-state index in [0.717, 1.165) is 29.9 Å². The molecule has 2 fully saturated rings. The van der Waals surface area contributed by atoms with Crippen molar-refractivity contribution in [1.82, 2.24) is 9.88 Å². The van der Waals surface area contributed by atoms with Crippen molar-refractivity contribution in [2.75, 3.05) is 18.0 Å². The van der Waals surface area contributed by atoms with E-state index >= 15 is 0 Å². The molecular weight excluding hydrogens is 416 g/mol. The van der Waals surface area contributed by atoms with Crippen LogP contribution < -0.4 is 4.90 Å². The van der Waals surface area contributed by atoms with Crippen LogP contribution in [0.25, 0.3) is 6.08 Å². The summed E-state index contributed by atoms with van der Waals surface area (Å²) in [6, 6.07) is 22.1. The summed E-state index contributed by atoms with van der Waals surface area (Å²) in [5, 5.41) is 0.685. The van der Waals surface area contributed by atoms with Crippen LogP contribution in [0.4, 0.5) is 11.4 Å². The molecule has 0 atom stereocenters. The number of para-hydroxylation sites is 1. The largest absolute Gasteiger partial charge is 0.372 e. The summed E-state index contributed by atoms with van der Waals surface area (Å²) >= 11 is 1.42. The van der Waals surface area contributed by atoms with Crippen LogP contribution in [0.2, 0.25) is 0 Å². The highest BCUT2D eigenvalue weighted by atomic mass is 32.2. The third kappa shape index (κ3) is 4.60. The first-order chi connectivity index (χ1) is 15.8. The quantitative estimate of drug-likeness (QED) is 0.493. The fourth-order valence-electron chi connectivity index (χ4n) is 3.93. The molecule has 0 bridgehead atoms. The summed E-state index contributed by atoms with van der Waals surface area (Å²) in [6.45, 7) is 2.69. The van der Waals surface area contributed by atoms with E-state index in [2.05, 4.69) is 34.1 Å². The molecule has 2 aliphatic heterocycles. The van der Waals surface area contributed by atoms with E-state index in [1.165, 1.54) is 30.3 Å². The van der Waals surface area contributed by atoms with Crippen LogP contribution in [0.3, 0.4) is 0 Å². The van der Waals surface area contributed by atoms with Gasteiger partial charge in [-0.1, -0.05) is 36.4 Å². The van der Waals surface area contributed by atoms with E-state index in [-0.39, 0.29) is 5.91 Å². The number of amidine groups is 1. The number of carbonyl (C=O) groups is 1. The maximum atomic E-state index is 13.3. The molecule has 5 nitrogen and oxygen atoms in total. The Hall–Kier alpha value is -3.38. The summed E-state index contributed by atoms with van der Waals surface area (Å²) in [7, 11) is 0. The van der Waals surface area contributed by atoms with Crippen molar-refractivity contribution >= 4 is 40.3 Å². The van der Waals surface area contributed by atoms with Gasteiger partial charge in [0.15, 0.2) is 5.17 Å². The Labute approximate surface area is 192 Å². The molecule has 3 aromatic rings. The standard InChI is InChI=1S/C26H24N4OS/c31-25-24(17-20-10-12-23(13-11-20)29-15-4-5-16-29)32-26(28-22-8-2-1-3-9-22)30(25)19-21-7-6-14-27-18-21/h1-3,6-14,17-18H,4-5,15-16,19H2/b24-17-,28-26?. The topological polar surface area (TPSA) is 48.8 Å². The van der Waals surface area contributed by atoms with E-state index in [1.807, 2.05) is 48.5 Å². The number of thioether (sulfide) groups is 1. The summed E-state index contributed by atoms with van der Waals surface area (Å²) in [6.07, 6.45) is 8.00. The average Bonchev–Trinajstić information content (AvgIpc) is 3.46. The average molecular weight is 441 g/mol. The van der Waals surface area contributed by atoms with Crippen molar-refractivity contribution < 1.29 is 4.79 Å². The van der Waals surface area contributed by atoms with Crippen LogP contribution in [0.15, 0.2) is 89.0 Å². The number of hydrogen-bond donors (Lipinski definition) is 0. The monoisotopic (exact) mass is 440 g/mol. The summed E-state index contributed by atoms with van der Waals surface area (Å²) < 4.78 is 0. The maximum absolute atomic E-state index is 13.3. The van der Waals surface area contributed by atoms with Gasteiger partial charge >= 0.3 is 0 Å². The fourth-order valence-corrected chi connectivity index (χ4v) is 4.92. The van der Waals surface area contributed by atoms with Crippen LogP contribution in [0.1, 0.15) is 24.0 Å². The SMILES string of the molecule is O=C1/C(=C/c2ccc(N3CCCC3)cc2)SC(=Nc2ccccc2)N1Cc1cccnc1. The van der Waals surface area contributed by atoms with E-state index in [4.69, 9.17) is 4.99 Å². The normalized spacial score (nSPS) is 18.8. The van der Waals surface area contributed by atoms with Gasteiger partial charge in [-0.2, -0.15) is 0 Å². The number of pyridine rings is 1. The molecule has 32 heavy (non-hydrogen) atoms. The molecule has 0 aliphatic carbocycles. The van der Waals surface area contributed by atoms with Gasteiger partial charge in [0.2, 0.25) is 0 Å². The van der Waals surface area contributed by atoms with Gasteiger partial charge in [-0.3, -0.25) is 14.7 Å². The van der Waals surface area contributed by atoms with Crippen LogP contribution in [0.5, 0.6) is 0 Å². The lowest BCUT2D eigenvalue weighted by Gasteiger charge is -2.17. The van der Waals surface area contributed by atoms with Crippen LogP contribution >= 0.6 is 11.8 Å². The molecule has 160 valence electrons. The molecule has 3 heterocycles. The van der Waals surface area contributed by atoms with Crippen molar-refractivity contribution in [2.45, 2.75) is 19.4 Å². The number of aromatic nitrogens is 1. The van der Waals surface area contributed by atoms with Crippen LogP contribution in [-0.4, -0.2) is 34.0 Å². The molecule has 5 rings (SSSR count). The van der Waals surface area contributed by atoms with Gasteiger partial charge in [0, 0.05) is 31.2 Å². The Morgan fingerprint density at radius 1 is 0.969 bits per heavy atom. The molecule has 1 aromatic heterocycles. The molecule has 6 heteroatoms. The minimum atomic E-state index is -0.0304. The molecule has 2 aliphatic rings. The van der Waals surface area contributed by atoms with Crippen molar-refractivity contribution in [3.05, 3.63) is 95.2 Å². The number of anilines is 1. The molecule has 0 radical (unpaired) electrons. The van der Waals surface area contributed by atoms with E-state index in [9.17, 15) is 4.79 Å². The van der Waals surface area contributed by atoms with E-state index < -0.39 is 0 Å². The zero-order chi connectivity index (χ0) is 21.8. The third-order valence-electron chi connectivity index (χ3n) is 5.59. The third-order valence-corrected chi connectivity index (χ3v) is 6.60. The molecule has 0 spiro atoms. The van der Waals surface area contributed by atoms with Crippen LogP contribution in [0, 0.1) is 0 Å². The zero-order valence-electron chi connectivity index (χ0n) is 17.7. The zero-order valence-corrected chi connectivity index (χ0v) is 18.5.